The second-order valence-electron chi connectivity index (χ2n) is 4.41. The number of halogens is 2. The maximum Gasteiger partial charge on any atom is 0.242 e. The quantitative estimate of drug-likeness (QED) is 0.790. The van der Waals surface area contributed by atoms with E-state index in [0.717, 1.165) is 5.56 Å². The zero-order valence-electron chi connectivity index (χ0n) is 11.6. The maximum absolute atomic E-state index is 13.4. The Balaban J connectivity index is 2.35. The highest BCUT2D eigenvalue weighted by atomic mass is 35.5. The first-order valence-electron chi connectivity index (χ1n) is 6.39. The third-order valence-corrected chi connectivity index (χ3v) is 3.28. The van der Waals surface area contributed by atoms with Gasteiger partial charge < -0.3 is 9.64 Å². The zero-order chi connectivity index (χ0) is 15.2. The Hall–Kier alpha value is -2.07. The molecule has 3 nitrogen and oxygen atoms in total. The minimum absolute atomic E-state index is 0.175. The molecule has 1 amide bonds. The first-order valence-corrected chi connectivity index (χ1v) is 6.93. The molecule has 0 radical (unpaired) electrons. The summed E-state index contributed by atoms with van der Waals surface area (Å²) in [6, 6.07) is 13.2. The molecule has 2 aromatic carbocycles. The van der Waals surface area contributed by atoms with Gasteiger partial charge >= 0.3 is 0 Å². The fourth-order valence-corrected chi connectivity index (χ4v) is 2.19. The van der Waals surface area contributed by atoms with E-state index < -0.39 is 5.82 Å². The van der Waals surface area contributed by atoms with E-state index in [2.05, 4.69) is 0 Å². The van der Waals surface area contributed by atoms with Crippen LogP contribution in [0, 0.1) is 5.82 Å². The molecule has 0 aliphatic heterocycles. The third-order valence-electron chi connectivity index (χ3n) is 3.06. The number of alkyl halides is 1. The lowest BCUT2D eigenvalue weighted by Gasteiger charge is -2.23. The molecule has 2 aromatic rings. The molecule has 21 heavy (non-hydrogen) atoms. The van der Waals surface area contributed by atoms with E-state index >= 15 is 0 Å². The van der Waals surface area contributed by atoms with Crippen molar-refractivity contribution in [3.8, 4) is 5.75 Å². The van der Waals surface area contributed by atoms with Crippen LogP contribution in [0.4, 0.5) is 10.1 Å². The van der Waals surface area contributed by atoms with Gasteiger partial charge in [-0.2, -0.15) is 0 Å². The Kier molecular flexibility index (Phi) is 5.17. The van der Waals surface area contributed by atoms with Gasteiger partial charge in [-0.1, -0.05) is 24.3 Å². The number of anilines is 1. The predicted octanol–water partition coefficient (Wildman–Crippen LogP) is 3.61. The van der Waals surface area contributed by atoms with E-state index in [9.17, 15) is 9.18 Å². The fraction of sp³-hybridized carbons (Fsp3) is 0.188. The number of amides is 1. The van der Waals surface area contributed by atoms with Crippen molar-refractivity contribution < 1.29 is 13.9 Å². The fourth-order valence-electron chi connectivity index (χ4n) is 2.04. The highest BCUT2D eigenvalue weighted by molar-refractivity contribution is 6.29. The number of para-hydroxylation sites is 1. The van der Waals surface area contributed by atoms with Gasteiger partial charge in [0.1, 0.15) is 17.4 Å². The molecule has 0 bridgehead atoms. The van der Waals surface area contributed by atoms with Crippen LogP contribution >= 0.6 is 11.6 Å². The summed E-state index contributed by atoms with van der Waals surface area (Å²) in [7, 11) is 1.56. The summed E-state index contributed by atoms with van der Waals surface area (Å²) in [5, 5.41) is 0. The number of methoxy groups -OCH3 is 1. The number of carbonyl (C=O) groups is 1. The number of nitrogens with zero attached hydrogens (tertiary/aromatic N) is 1. The number of rotatable bonds is 5. The van der Waals surface area contributed by atoms with Crippen molar-refractivity contribution >= 4 is 23.2 Å². The Bertz CT molecular complexity index is 633. The minimum atomic E-state index is -0.403. The summed E-state index contributed by atoms with van der Waals surface area (Å²) < 4.78 is 18.7. The average molecular weight is 308 g/mol. The molecule has 0 N–H and O–H groups in total. The molecule has 0 spiro atoms. The van der Waals surface area contributed by atoms with Crippen LogP contribution in [0.2, 0.25) is 0 Å². The molecule has 5 heteroatoms. The lowest BCUT2D eigenvalue weighted by Crippen LogP contribution is -2.31. The lowest BCUT2D eigenvalue weighted by atomic mass is 10.1. The highest BCUT2D eigenvalue weighted by Gasteiger charge is 2.17. The van der Waals surface area contributed by atoms with Crippen molar-refractivity contribution in [3.63, 3.8) is 0 Å². The molecule has 0 unspecified atom stereocenters. The second kappa shape index (κ2) is 7.09. The minimum Gasteiger partial charge on any atom is -0.496 e. The van der Waals surface area contributed by atoms with Gasteiger partial charge in [0.2, 0.25) is 5.91 Å². The number of benzene rings is 2. The third kappa shape index (κ3) is 3.73. The van der Waals surface area contributed by atoms with Crippen molar-refractivity contribution in [1.82, 2.24) is 0 Å². The molecule has 0 saturated carbocycles. The Morgan fingerprint density at radius 2 is 2.00 bits per heavy atom. The number of ether oxygens (including phenoxy) is 1. The molecular formula is C16H15ClFNO2. The first-order chi connectivity index (χ1) is 10.2. The molecule has 0 saturated heterocycles. The molecule has 0 aliphatic rings. The lowest BCUT2D eigenvalue weighted by molar-refractivity contribution is -0.116. The van der Waals surface area contributed by atoms with Gasteiger partial charge in [0.25, 0.3) is 0 Å². The second-order valence-corrected chi connectivity index (χ2v) is 4.67. The topological polar surface area (TPSA) is 29.5 Å². The summed E-state index contributed by atoms with van der Waals surface area (Å²) in [6.45, 7) is 0.263. The highest BCUT2D eigenvalue weighted by Crippen LogP contribution is 2.24. The van der Waals surface area contributed by atoms with Gasteiger partial charge in [-0.05, 0) is 24.3 Å². The largest absolute Gasteiger partial charge is 0.496 e. The summed E-state index contributed by atoms with van der Waals surface area (Å²) in [5.41, 5.74) is 1.29. The predicted molar refractivity (Wildman–Crippen MR) is 81.3 cm³/mol. The number of hydrogen-bond acceptors (Lipinski definition) is 2. The monoisotopic (exact) mass is 307 g/mol. The van der Waals surface area contributed by atoms with Gasteiger partial charge in [0.05, 0.1) is 13.7 Å². The standard InChI is InChI=1S/C16H15ClFNO2/c1-21-15-8-3-2-5-12(15)11-19(16(20)10-17)14-7-4-6-13(18)9-14/h2-9H,10-11H2,1H3. The van der Waals surface area contributed by atoms with Crippen molar-refractivity contribution in [2.24, 2.45) is 0 Å². The van der Waals surface area contributed by atoms with E-state index in [1.165, 1.54) is 17.0 Å². The van der Waals surface area contributed by atoms with E-state index in [-0.39, 0.29) is 18.3 Å². The van der Waals surface area contributed by atoms with Crippen molar-refractivity contribution in [1.29, 1.82) is 0 Å². The Morgan fingerprint density at radius 3 is 2.67 bits per heavy atom. The van der Waals surface area contributed by atoms with Crippen LogP contribution in [0.1, 0.15) is 5.56 Å². The number of carbonyl (C=O) groups excluding carboxylic acids is 1. The van der Waals surface area contributed by atoms with Gasteiger partial charge in [0.15, 0.2) is 0 Å². The van der Waals surface area contributed by atoms with Gasteiger partial charge in [0, 0.05) is 11.3 Å². The first kappa shape index (κ1) is 15.3. The average Bonchev–Trinajstić information content (AvgIpc) is 2.52. The van der Waals surface area contributed by atoms with Crippen LogP contribution in [0.25, 0.3) is 0 Å². The zero-order valence-corrected chi connectivity index (χ0v) is 12.3. The summed E-state index contributed by atoms with van der Waals surface area (Å²) in [6.07, 6.45) is 0. The molecule has 0 fully saturated rings. The molecule has 2 rings (SSSR count). The van der Waals surface area contributed by atoms with Crippen LogP contribution in [-0.4, -0.2) is 18.9 Å². The normalized spacial score (nSPS) is 10.2. The van der Waals surface area contributed by atoms with Gasteiger partial charge in [-0.25, -0.2) is 4.39 Å². The van der Waals surface area contributed by atoms with Crippen molar-refractivity contribution in [2.45, 2.75) is 6.54 Å². The molecule has 0 heterocycles. The van der Waals surface area contributed by atoms with Crippen LogP contribution in [0.3, 0.4) is 0 Å². The van der Waals surface area contributed by atoms with E-state index in [1.807, 2.05) is 24.3 Å². The van der Waals surface area contributed by atoms with Crippen molar-refractivity contribution in [2.75, 3.05) is 17.9 Å². The van der Waals surface area contributed by atoms with Crippen molar-refractivity contribution in [3.05, 3.63) is 59.9 Å². The molecule has 0 atom stereocenters. The van der Waals surface area contributed by atoms with Crippen LogP contribution in [0.15, 0.2) is 48.5 Å². The van der Waals surface area contributed by atoms with Crippen LogP contribution in [-0.2, 0) is 11.3 Å². The summed E-state index contributed by atoms with van der Waals surface area (Å²) in [4.78, 5) is 13.5. The smallest absolute Gasteiger partial charge is 0.242 e. The maximum atomic E-state index is 13.4. The number of hydrogen-bond donors (Lipinski definition) is 0. The van der Waals surface area contributed by atoms with E-state index in [0.29, 0.717) is 11.4 Å². The van der Waals surface area contributed by atoms with E-state index in [1.54, 1.807) is 19.2 Å². The molecule has 0 aromatic heterocycles. The van der Waals surface area contributed by atoms with Gasteiger partial charge in [-0.3, -0.25) is 4.79 Å². The summed E-state index contributed by atoms with van der Waals surface area (Å²) in [5.74, 6) is -0.208. The Labute approximate surface area is 127 Å². The molecule has 0 aliphatic carbocycles. The Morgan fingerprint density at radius 1 is 1.24 bits per heavy atom. The van der Waals surface area contributed by atoms with E-state index in [4.69, 9.17) is 16.3 Å². The van der Waals surface area contributed by atoms with Crippen LogP contribution in [0.5, 0.6) is 5.75 Å². The van der Waals surface area contributed by atoms with Gasteiger partial charge in [-0.15, -0.1) is 11.6 Å². The molecular weight excluding hydrogens is 293 g/mol. The van der Waals surface area contributed by atoms with Crippen LogP contribution < -0.4 is 9.64 Å². The summed E-state index contributed by atoms with van der Waals surface area (Å²) >= 11 is 5.66. The SMILES string of the molecule is COc1ccccc1CN(C(=O)CCl)c1cccc(F)c1. The molecule has 110 valence electrons.